The first-order valence-corrected chi connectivity index (χ1v) is 9.34. The normalized spacial score (nSPS) is 13.0. The van der Waals surface area contributed by atoms with E-state index < -0.39 is 6.10 Å². The van der Waals surface area contributed by atoms with E-state index in [2.05, 4.69) is 33.4 Å². The van der Waals surface area contributed by atoms with Crippen LogP contribution in [0.25, 0.3) is 0 Å². The quantitative estimate of drug-likeness (QED) is 0.521. The lowest BCUT2D eigenvalue weighted by molar-refractivity contribution is 0.160. The number of hydrogen-bond acceptors (Lipinski definition) is 3. The van der Waals surface area contributed by atoms with Crippen molar-refractivity contribution in [1.29, 1.82) is 0 Å². The maximum absolute atomic E-state index is 10.7. The zero-order valence-electron chi connectivity index (χ0n) is 14.6. The number of ether oxygens (including phenoxy) is 1. The van der Waals surface area contributed by atoms with Crippen LogP contribution in [0.4, 0.5) is 5.69 Å². The minimum absolute atomic E-state index is 0.0109. The van der Waals surface area contributed by atoms with Crippen LogP contribution in [0.1, 0.15) is 29.7 Å². The molecule has 0 aliphatic carbocycles. The third kappa shape index (κ3) is 4.87. The molecule has 0 spiro atoms. The molecular formula is C22H22BrNO2. The van der Waals surface area contributed by atoms with Gasteiger partial charge in [-0.2, -0.15) is 0 Å². The fraction of sp³-hybridized carbons (Fsp3) is 0.182. The Kier molecular flexibility index (Phi) is 6.31. The summed E-state index contributed by atoms with van der Waals surface area (Å²) in [6, 6.07) is 25.8. The number of hydrogen-bond donors (Lipinski definition) is 2. The SMILES string of the molecule is COc1ccc(NC(CC(O)c2ccc(Br)cc2)c2ccccc2)cc1. The van der Waals surface area contributed by atoms with Crippen LogP contribution in [-0.4, -0.2) is 12.2 Å². The highest BCUT2D eigenvalue weighted by Crippen LogP contribution is 2.30. The summed E-state index contributed by atoms with van der Waals surface area (Å²) in [6.45, 7) is 0. The molecule has 0 bridgehead atoms. The zero-order chi connectivity index (χ0) is 18.4. The molecule has 0 saturated heterocycles. The Bertz CT molecular complexity index is 804. The molecule has 0 fully saturated rings. The van der Waals surface area contributed by atoms with E-state index in [1.807, 2.05) is 66.7 Å². The minimum Gasteiger partial charge on any atom is -0.497 e. The summed E-state index contributed by atoms with van der Waals surface area (Å²) in [6.07, 6.45) is 0.0107. The molecule has 0 amide bonds. The topological polar surface area (TPSA) is 41.5 Å². The summed E-state index contributed by atoms with van der Waals surface area (Å²) in [5.74, 6) is 0.821. The van der Waals surface area contributed by atoms with Crippen LogP contribution in [0.15, 0.2) is 83.3 Å². The summed E-state index contributed by atoms with van der Waals surface area (Å²) < 4.78 is 6.22. The van der Waals surface area contributed by atoms with E-state index in [0.717, 1.165) is 27.0 Å². The van der Waals surface area contributed by atoms with Gasteiger partial charge in [0.05, 0.1) is 19.3 Å². The van der Waals surface area contributed by atoms with Crippen molar-refractivity contribution in [2.24, 2.45) is 0 Å². The van der Waals surface area contributed by atoms with Crippen molar-refractivity contribution in [3.8, 4) is 5.75 Å². The van der Waals surface area contributed by atoms with Crippen molar-refractivity contribution < 1.29 is 9.84 Å². The van der Waals surface area contributed by atoms with Crippen molar-refractivity contribution in [3.63, 3.8) is 0 Å². The monoisotopic (exact) mass is 411 g/mol. The Hall–Kier alpha value is -2.30. The molecule has 3 nitrogen and oxygen atoms in total. The number of benzene rings is 3. The van der Waals surface area contributed by atoms with E-state index in [1.54, 1.807) is 7.11 Å². The number of halogens is 1. The van der Waals surface area contributed by atoms with Gasteiger partial charge in [-0.3, -0.25) is 0 Å². The lowest BCUT2D eigenvalue weighted by Crippen LogP contribution is -2.14. The Labute approximate surface area is 162 Å². The van der Waals surface area contributed by atoms with Crippen LogP contribution in [0.5, 0.6) is 5.75 Å². The van der Waals surface area contributed by atoms with Gasteiger partial charge in [0.2, 0.25) is 0 Å². The van der Waals surface area contributed by atoms with E-state index in [0.29, 0.717) is 6.42 Å². The maximum Gasteiger partial charge on any atom is 0.119 e. The fourth-order valence-corrected chi connectivity index (χ4v) is 3.16. The number of nitrogens with one attached hydrogen (secondary N) is 1. The van der Waals surface area contributed by atoms with Gasteiger partial charge in [0.25, 0.3) is 0 Å². The first-order chi connectivity index (χ1) is 12.7. The van der Waals surface area contributed by atoms with Gasteiger partial charge in [-0.1, -0.05) is 58.4 Å². The zero-order valence-corrected chi connectivity index (χ0v) is 16.2. The molecule has 134 valence electrons. The van der Waals surface area contributed by atoms with Crippen molar-refractivity contribution in [2.45, 2.75) is 18.6 Å². The number of anilines is 1. The third-order valence-corrected chi connectivity index (χ3v) is 4.88. The minimum atomic E-state index is -0.556. The van der Waals surface area contributed by atoms with Crippen molar-refractivity contribution in [1.82, 2.24) is 0 Å². The molecule has 2 unspecified atom stereocenters. The van der Waals surface area contributed by atoms with Gasteiger partial charge in [0, 0.05) is 16.6 Å². The van der Waals surface area contributed by atoms with Crippen molar-refractivity contribution in [3.05, 3.63) is 94.5 Å². The number of rotatable bonds is 7. The molecule has 3 aromatic rings. The van der Waals surface area contributed by atoms with Crippen LogP contribution in [-0.2, 0) is 0 Å². The van der Waals surface area contributed by atoms with Gasteiger partial charge in [-0.05, 0) is 47.5 Å². The Morgan fingerprint density at radius 3 is 2.15 bits per heavy atom. The van der Waals surface area contributed by atoms with Gasteiger partial charge >= 0.3 is 0 Å². The molecule has 0 aliphatic heterocycles. The van der Waals surface area contributed by atoms with Crippen LogP contribution < -0.4 is 10.1 Å². The molecule has 2 N–H and O–H groups in total. The molecule has 3 aromatic carbocycles. The fourth-order valence-electron chi connectivity index (χ4n) is 2.90. The van der Waals surface area contributed by atoms with Crippen molar-refractivity contribution >= 4 is 21.6 Å². The van der Waals surface area contributed by atoms with Crippen LogP contribution >= 0.6 is 15.9 Å². The molecule has 26 heavy (non-hydrogen) atoms. The molecule has 3 rings (SSSR count). The highest BCUT2D eigenvalue weighted by Gasteiger charge is 2.18. The summed E-state index contributed by atoms with van der Waals surface area (Å²) in [5.41, 5.74) is 3.04. The Balaban J connectivity index is 1.79. The second-order valence-corrected chi connectivity index (χ2v) is 7.05. The Morgan fingerprint density at radius 1 is 0.885 bits per heavy atom. The molecule has 4 heteroatoms. The standard InChI is InChI=1S/C22H22BrNO2/c1-26-20-13-11-19(12-14-20)24-21(16-5-3-2-4-6-16)15-22(25)17-7-9-18(23)10-8-17/h2-14,21-22,24-25H,15H2,1H3. The van der Waals surface area contributed by atoms with Gasteiger partial charge in [-0.15, -0.1) is 0 Å². The second kappa shape index (κ2) is 8.88. The first-order valence-electron chi connectivity index (χ1n) is 8.55. The summed E-state index contributed by atoms with van der Waals surface area (Å²) in [5, 5.41) is 14.3. The molecule has 0 saturated carbocycles. The lowest BCUT2D eigenvalue weighted by Gasteiger charge is -2.24. The molecule has 0 aliphatic rings. The van der Waals surface area contributed by atoms with Crippen LogP contribution in [0.2, 0.25) is 0 Å². The summed E-state index contributed by atoms with van der Waals surface area (Å²) in [7, 11) is 1.66. The molecule has 0 aromatic heterocycles. The average Bonchev–Trinajstić information content (AvgIpc) is 2.69. The lowest BCUT2D eigenvalue weighted by atomic mass is 9.96. The second-order valence-electron chi connectivity index (χ2n) is 6.14. The highest BCUT2D eigenvalue weighted by molar-refractivity contribution is 9.10. The van der Waals surface area contributed by atoms with Gasteiger partial charge in [-0.25, -0.2) is 0 Å². The number of methoxy groups -OCH3 is 1. The maximum atomic E-state index is 10.7. The van der Waals surface area contributed by atoms with E-state index >= 15 is 0 Å². The van der Waals surface area contributed by atoms with E-state index in [-0.39, 0.29) is 6.04 Å². The summed E-state index contributed by atoms with van der Waals surface area (Å²) >= 11 is 3.43. The van der Waals surface area contributed by atoms with Crippen molar-refractivity contribution in [2.75, 3.05) is 12.4 Å². The van der Waals surface area contributed by atoms with E-state index in [4.69, 9.17) is 4.74 Å². The van der Waals surface area contributed by atoms with Gasteiger partial charge in [0.15, 0.2) is 0 Å². The summed E-state index contributed by atoms with van der Waals surface area (Å²) in [4.78, 5) is 0. The largest absolute Gasteiger partial charge is 0.497 e. The van der Waals surface area contributed by atoms with E-state index in [9.17, 15) is 5.11 Å². The Morgan fingerprint density at radius 2 is 1.54 bits per heavy atom. The van der Waals surface area contributed by atoms with E-state index in [1.165, 1.54) is 0 Å². The smallest absolute Gasteiger partial charge is 0.119 e. The van der Waals surface area contributed by atoms with Gasteiger partial charge < -0.3 is 15.2 Å². The predicted octanol–water partition coefficient (Wildman–Crippen LogP) is 5.73. The number of aliphatic hydroxyl groups is 1. The first kappa shape index (κ1) is 18.5. The number of aliphatic hydroxyl groups excluding tert-OH is 1. The molecular weight excluding hydrogens is 390 g/mol. The highest BCUT2D eigenvalue weighted by atomic mass is 79.9. The average molecular weight is 412 g/mol. The molecule has 0 radical (unpaired) electrons. The third-order valence-electron chi connectivity index (χ3n) is 4.35. The van der Waals surface area contributed by atoms with Crippen LogP contribution in [0, 0.1) is 0 Å². The molecule has 2 atom stereocenters. The van der Waals surface area contributed by atoms with Gasteiger partial charge in [0.1, 0.15) is 5.75 Å². The predicted molar refractivity (Wildman–Crippen MR) is 110 cm³/mol. The van der Waals surface area contributed by atoms with Crippen LogP contribution in [0.3, 0.4) is 0 Å². The molecule has 0 heterocycles.